The normalized spacial score (nSPS) is 14.7. The Hall–Kier alpha value is -3.26. The highest BCUT2D eigenvalue weighted by Crippen LogP contribution is 2.28. The lowest BCUT2D eigenvalue weighted by atomic mass is 10.0. The Morgan fingerprint density at radius 1 is 1.18 bits per heavy atom. The highest BCUT2D eigenvalue weighted by molar-refractivity contribution is 5.51. The van der Waals surface area contributed by atoms with E-state index in [1.807, 2.05) is 23.1 Å². The molecule has 28 heavy (non-hydrogen) atoms. The van der Waals surface area contributed by atoms with Gasteiger partial charge in [0.25, 0.3) is 0 Å². The van der Waals surface area contributed by atoms with E-state index in [0.717, 1.165) is 44.1 Å². The van der Waals surface area contributed by atoms with E-state index in [0.29, 0.717) is 0 Å². The Bertz CT molecular complexity index is 1010. The van der Waals surface area contributed by atoms with Crippen LogP contribution in [0.4, 0.5) is 0 Å². The van der Waals surface area contributed by atoms with Crippen LogP contribution in [0.15, 0.2) is 61.4 Å². The minimum atomic E-state index is 0.139. The third kappa shape index (κ3) is 3.22. The molecule has 4 heterocycles. The Kier molecular flexibility index (Phi) is 4.46. The quantitative estimate of drug-likeness (QED) is 0.559. The Labute approximate surface area is 162 Å². The SMILES string of the molecule is c1ccc([C@H](CCn2cncn2)n2ccnc2-c2cc3n(n2)CCNC3)cc1. The van der Waals surface area contributed by atoms with Gasteiger partial charge in [0.1, 0.15) is 18.3 Å². The molecule has 0 unspecified atom stereocenters. The third-order valence-corrected chi connectivity index (χ3v) is 5.19. The van der Waals surface area contributed by atoms with E-state index in [-0.39, 0.29) is 6.04 Å². The average molecular weight is 374 g/mol. The van der Waals surface area contributed by atoms with E-state index in [1.165, 1.54) is 11.3 Å². The van der Waals surface area contributed by atoms with E-state index >= 15 is 0 Å². The molecule has 1 aliphatic heterocycles. The zero-order valence-electron chi connectivity index (χ0n) is 15.5. The molecule has 1 aliphatic rings. The molecule has 0 spiro atoms. The summed E-state index contributed by atoms with van der Waals surface area (Å²) in [5.74, 6) is 0.898. The van der Waals surface area contributed by atoms with Crippen LogP contribution in [-0.4, -0.2) is 40.6 Å². The van der Waals surface area contributed by atoms with Crippen LogP contribution in [0.3, 0.4) is 0 Å². The number of nitrogens with zero attached hydrogens (tertiary/aromatic N) is 7. The van der Waals surface area contributed by atoms with Crippen molar-refractivity contribution in [1.82, 2.24) is 39.4 Å². The summed E-state index contributed by atoms with van der Waals surface area (Å²) in [5, 5.41) is 12.4. The van der Waals surface area contributed by atoms with Gasteiger partial charge in [0.2, 0.25) is 0 Å². The topological polar surface area (TPSA) is 78.4 Å². The number of rotatable bonds is 6. The summed E-state index contributed by atoms with van der Waals surface area (Å²) >= 11 is 0. The maximum Gasteiger partial charge on any atom is 0.161 e. The van der Waals surface area contributed by atoms with Gasteiger partial charge in [-0.3, -0.25) is 9.36 Å². The first kappa shape index (κ1) is 16.9. The van der Waals surface area contributed by atoms with E-state index in [9.17, 15) is 0 Å². The van der Waals surface area contributed by atoms with Gasteiger partial charge in [-0.05, 0) is 18.1 Å². The molecule has 0 fully saturated rings. The van der Waals surface area contributed by atoms with Crippen LogP contribution in [-0.2, 0) is 19.6 Å². The van der Waals surface area contributed by atoms with Crippen LogP contribution in [0.25, 0.3) is 11.5 Å². The first-order valence-electron chi connectivity index (χ1n) is 9.56. The van der Waals surface area contributed by atoms with Crippen molar-refractivity contribution in [3.8, 4) is 11.5 Å². The molecule has 0 bridgehead atoms. The zero-order chi connectivity index (χ0) is 18.8. The second kappa shape index (κ2) is 7.40. The maximum atomic E-state index is 4.81. The number of aromatic nitrogens is 7. The zero-order valence-corrected chi connectivity index (χ0v) is 15.5. The van der Waals surface area contributed by atoms with Gasteiger partial charge in [-0.1, -0.05) is 30.3 Å². The predicted molar refractivity (Wildman–Crippen MR) is 104 cm³/mol. The number of hydrogen-bond acceptors (Lipinski definition) is 5. The smallest absolute Gasteiger partial charge is 0.161 e. The summed E-state index contributed by atoms with van der Waals surface area (Å²) in [6.07, 6.45) is 8.12. The molecule has 1 N–H and O–H groups in total. The average Bonchev–Trinajstić information content (AvgIpc) is 3.49. The number of imidazole rings is 1. The molecule has 142 valence electrons. The summed E-state index contributed by atoms with van der Waals surface area (Å²) in [4.78, 5) is 8.71. The Morgan fingerprint density at radius 2 is 2.11 bits per heavy atom. The predicted octanol–water partition coefficient (Wildman–Crippen LogP) is 2.12. The van der Waals surface area contributed by atoms with E-state index in [1.54, 1.807) is 12.7 Å². The number of aryl methyl sites for hydroxylation is 1. The van der Waals surface area contributed by atoms with Crippen LogP contribution in [0.5, 0.6) is 0 Å². The highest BCUT2D eigenvalue weighted by Gasteiger charge is 2.21. The molecular weight excluding hydrogens is 352 g/mol. The van der Waals surface area contributed by atoms with Crippen molar-refractivity contribution in [2.24, 2.45) is 0 Å². The fourth-order valence-corrected chi connectivity index (χ4v) is 3.81. The van der Waals surface area contributed by atoms with Gasteiger partial charge in [-0.25, -0.2) is 9.97 Å². The lowest BCUT2D eigenvalue weighted by Crippen LogP contribution is -2.28. The van der Waals surface area contributed by atoms with Crippen LogP contribution in [0, 0.1) is 0 Å². The molecular formula is C20H22N8. The van der Waals surface area contributed by atoms with E-state index in [2.05, 4.69) is 60.0 Å². The van der Waals surface area contributed by atoms with Gasteiger partial charge >= 0.3 is 0 Å². The Morgan fingerprint density at radius 3 is 2.93 bits per heavy atom. The van der Waals surface area contributed by atoms with Crippen LogP contribution in [0.1, 0.15) is 23.7 Å². The van der Waals surface area contributed by atoms with Crippen molar-refractivity contribution >= 4 is 0 Å². The molecule has 4 aromatic rings. The monoisotopic (exact) mass is 374 g/mol. The van der Waals surface area contributed by atoms with Gasteiger partial charge in [0, 0.05) is 32.0 Å². The summed E-state index contributed by atoms with van der Waals surface area (Å²) < 4.78 is 6.18. The molecule has 1 atom stereocenters. The molecule has 0 amide bonds. The first-order valence-corrected chi connectivity index (χ1v) is 9.56. The summed E-state index contributed by atoms with van der Waals surface area (Å²) in [7, 11) is 0. The highest BCUT2D eigenvalue weighted by atomic mass is 15.3. The molecule has 5 rings (SSSR count). The Balaban J connectivity index is 1.51. The fraction of sp³-hybridized carbons (Fsp3) is 0.300. The van der Waals surface area contributed by atoms with Gasteiger partial charge in [-0.15, -0.1) is 0 Å². The van der Waals surface area contributed by atoms with Gasteiger partial charge < -0.3 is 9.88 Å². The fourth-order valence-electron chi connectivity index (χ4n) is 3.81. The van der Waals surface area contributed by atoms with Crippen LogP contribution >= 0.6 is 0 Å². The molecule has 0 saturated heterocycles. The third-order valence-electron chi connectivity index (χ3n) is 5.19. The maximum absolute atomic E-state index is 4.81. The first-order chi connectivity index (χ1) is 13.9. The summed E-state index contributed by atoms with van der Waals surface area (Å²) in [6, 6.07) is 12.8. The molecule has 1 aromatic carbocycles. The van der Waals surface area contributed by atoms with Crippen LogP contribution in [0.2, 0.25) is 0 Å². The van der Waals surface area contributed by atoms with Crippen molar-refractivity contribution < 1.29 is 0 Å². The number of hydrogen-bond donors (Lipinski definition) is 1. The van der Waals surface area contributed by atoms with Crippen molar-refractivity contribution in [3.63, 3.8) is 0 Å². The molecule has 8 nitrogen and oxygen atoms in total. The standard InChI is InChI=1S/C20H22N8/c1-2-4-16(5-3-1)19(6-9-26-15-22-14-24-26)27-10-8-23-20(27)18-12-17-13-21-7-11-28(17)25-18/h1-5,8,10,12,14-15,19,21H,6-7,9,11,13H2/t19-/m0/s1. The second-order valence-corrected chi connectivity index (χ2v) is 6.95. The van der Waals surface area contributed by atoms with Gasteiger partial charge in [-0.2, -0.15) is 10.2 Å². The van der Waals surface area contributed by atoms with E-state index in [4.69, 9.17) is 5.10 Å². The molecule has 8 heteroatoms. The van der Waals surface area contributed by atoms with Crippen molar-refractivity contribution in [2.45, 2.75) is 32.1 Å². The van der Waals surface area contributed by atoms with Crippen molar-refractivity contribution in [2.75, 3.05) is 6.54 Å². The molecule has 0 aliphatic carbocycles. The second-order valence-electron chi connectivity index (χ2n) is 6.95. The summed E-state index contributed by atoms with van der Waals surface area (Å²) in [5.41, 5.74) is 3.37. The molecule has 0 radical (unpaired) electrons. The van der Waals surface area contributed by atoms with E-state index < -0.39 is 0 Å². The van der Waals surface area contributed by atoms with Gasteiger partial charge in [0.15, 0.2) is 5.82 Å². The largest absolute Gasteiger partial charge is 0.322 e. The minimum Gasteiger partial charge on any atom is -0.322 e. The van der Waals surface area contributed by atoms with Crippen molar-refractivity contribution in [3.05, 3.63) is 72.7 Å². The summed E-state index contributed by atoms with van der Waals surface area (Å²) in [6.45, 7) is 3.47. The minimum absolute atomic E-state index is 0.139. The number of nitrogens with one attached hydrogen (secondary N) is 1. The van der Waals surface area contributed by atoms with Crippen molar-refractivity contribution in [1.29, 1.82) is 0 Å². The number of benzene rings is 1. The number of fused-ring (bicyclic) bond motifs is 1. The van der Waals surface area contributed by atoms with Gasteiger partial charge in [0.05, 0.1) is 18.3 Å². The lowest BCUT2D eigenvalue weighted by molar-refractivity contribution is 0.468. The van der Waals surface area contributed by atoms with Crippen LogP contribution < -0.4 is 5.32 Å². The lowest BCUT2D eigenvalue weighted by Gasteiger charge is -2.21. The molecule has 3 aromatic heterocycles. The molecule has 0 saturated carbocycles.